The molecule has 0 radical (unpaired) electrons. The lowest BCUT2D eigenvalue weighted by Crippen LogP contribution is -2.56. The summed E-state index contributed by atoms with van der Waals surface area (Å²) in [6.45, 7) is 1.79. The van der Waals surface area contributed by atoms with Gasteiger partial charge in [-0.1, -0.05) is 36.4 Å². The van der Waals surface area contributed by atoms with E-state index >= 15 is 0 Å². The fourth-order valence-electron chi connectivity index (χ4n) is 4.05. The number of carbonyl (C=O) groups is 1. The standard InChI is InChI=1S/C23H26N6O3/c1-23(17-9-5-7-11-20(17)30)27-26-22(25-14-28(2)3)29(23)19(21(31)32)12-15-13-24-18-10-6-4-8-16(15)18/h4-11,13-14,19,24,27,30H,12H2,1-3H3,(H,31,32)/b25-14+. The molecule has 3 aromatic rings. The van der Waals surface area contributed by atoms with Crippen LogP contribution >= 0.6 is 0 Å². The molecule has 0 bridgehead atoms. The zero-order valence-corrected chi connectivity index (χ0v) is 18.1. The molecule has 0 spiro atoms. The van der Waals surface area contributed by atoms with Crippen molar-refractivity contribution >= 4 is 29.2 Å². The summed E-state index contributed by atoms with van der Waals surface area (Å²) in [7, 11) is 3.64. The number of H-pyrrole nitrogens is 1. The van der Waals surface area contributed by atoms with Gasteiger partial charge in [-0.15, -0.1) is 5.10 Å². The van der Waals surface area contributed by atoms with Crippen molar-refractivity contribution in [3.8, 4) is 5.75 Å². The Hall–Kier alpha value is -4.01. The van der Waals surface area contributed by atoms with Crippen LogP contribution in [0.4, 0.5) is 0 Å². The number of hydrogen-bond donors (Lipinski definition) is 4. The van der Waals surface area contributed by atoms with Crippen LogP contribution in [0.15, 0.2) is 64.8 Å². The fraction of sp³-hybridized carbons (Fsp3) is 0.261. The van der Waals surface area contributed by atoms with E-state index in [0.717, 1.165) is 16.5 Å². The molecule has 9 nitrogen and oxygen atoms in total. The summed E-state index contributed by atoms with van der Waals surface area (Å²) in [5, 5.41) is 26.2. The summed E-state index contributed by atoms with van der Waals surface area (Å²) in [5.41, 5.74) is 4.20. The quantitative estimate of drug-likeness (QED) is 0.350. The molecule has 166 valence electrons. The number of phenols is 1. The number of hydrogen-bond acceptors (Lipinski definition) is 6. The van der Waals surface area contributed by atoms with E-state index in [0.29, 0.717) is 5.56 Å². The van der Waals surface area contributed by atoms with Gasteiger partial charge in [-0.2, -0.15) is 0 Å². The maximum atomic E-state index is 12.6. The van der Waals surface area contributed by atoms with Gasteiger partial charge < -0.3 is 20.1 Å². The van der Waals surface area contributed by atoms with E-state index in [1.807, 2.05) is 44.6 Å². The number of nitrogens with one attached hydrogen (secondary N) is 2. The summed E-state index contributed by atoms with van der Waals surface area (Å²) in [6, 6.07) is 13.6. The van der Waals surface area contributed by atoms with Crippen LogP contribution in [0.5, 0.6) is 5.75 Å². The van der Waals surface area contributed by atoms with Crippen LogP contribution in [0.1, 0.15) is 18.1 Å². The minimum Gasteiger partial charge on any atom is -0.508 e. The molecule has 0 fully saturated rings. The monoisotopic (exact) mass is 434 g/mol. The number of phenolic OH excluding ortho intramolecular Hbond substituents is 1. The summed E-state index contributed by atoms with van der Waals surface area (Å²) >= 11 is 0. The van der Waals surface area contributed by atoms with Crippen LogP contribution in [-0.4, -0.2) is 63.4 Å². The van der Waals surface area contributed by atoms with Gasteiger partial charge >= 0.3 is 5.97 Å². The SMILES string of the molecule is CN(C)/C=N/C1=NNC(C)(c2ccccc2O)N1C(Cc1c[nH]c2ccccc12)C(=O)O. The highest BCUT2D eigenvalue weighted by molar-refractivity contribution is 5.93. The minimum atomic E-state index is -1.13. The van der Waals surface area contributed by atoms with Gasteiger partial charge in [0.15, 0.2) is 5.66 Å². The van der Waals surface area contributed by atoms with Gasteiger partial charge in [0.2, 0.25) is 5.96 Å². The molecule has 2 unspecified atom stereocenters. The Morgan fingerprint density at radius 3 is 2.69 bits per heavy atom. The molecule has 2 aromatic carbocycles. The number of aromatic nitrogens is 1. The number of carboxylic acids is 1. The first-order valence-electron chi connectivity index (χ1n) is 10.2. The Kier molecular flexibility index (Phi) is 5.48. The van der Waals surface area contributed by atoms with Crippen LogP contribution in [0.25, 0.3) is 10.9 Å². The predicted octanol–water partition coefficient (Wildman–Crippen LogP) is 2.51. The number of carboxylic acid groups (broad SMARTS) is 1. The van der Waals surface area contributed by atoms with Crippen molar-refractivity contribution in [2.24, 2.45) is 10.1 Å². The predicted molar refractivity (Wildman–Crippen MR) is 123 cm³/mol. The number of aliphatic imine (C=N–C) groups is 1. The van der Waals surface area contributed by atoms with E-state index in [4.69, 9.17) is 0 Å². The number of benzene rings is 2. The van der Waals surface area contributed by atoms with Crippen molar-refractivity contribution < 1.29 is 15.0 Å². The smallest absolute Gasteiger partial charge is 0.326 e. The molecule has 1 aromatic heterocycles. The Labute approximate surface area is 185 Å². The summed E-state index contributed by atoms with van der Waals surface area (Å²) < 4.78 is 0. The molecule has 2 atom stereocenters. The Balaban J connectivity index is 1.80. The molecule has 0 aliphatic carbocycles. The number of aromatic amines is 1. The Morgan fingerprint density at radius 2 is 1.97 bits per heavy atom. The van der Waals surface area contributed by atoms with Gasteiger partial charge in [-0.25, -0.2) is 9.79 Å². The number of aromatic hydroxyl groups is 1. The lowest BCUT2D eigenvalue weighted by atomic mass is 9.95. The number of aliphatic carboxylic acids is 1. The van der Waals surface area contributed by atoms with E-state index < -0.39 is 17.7 Å². The van der Waals surface area contributed by atoms with Crippen LogP contribution in [0, 0.1) is 0 Å². The number of para-hydroxylation sites is 2. The summed E-state index contributed by atoms with van der Waals surface area (Å²) in [4.78, 5) is 23.5. The zero-order chi connectivity index (χ0) is 22.9. The van der Waals surface area contributed by atoms with E-state index in [9.17, 15) is 15.0 Å². The zero-order valence-electron chi connectivity index (χ0n) is 18.1. The lowest BCUT2D eigenvalue weighted by Gasteiger charge is -2.39. The third-order valence-corrected chi connectivity index (χ3v) is 5.59. The summed E-state index contributed by atoms with van der Waals surface area (Å²) in [5.74, 6) is -0.762. The molecule has 2 heterocycles. The molecule has 0 amide bonds. The number of hydrazone groups is 1. The molecule has 1 aliphatic rings. The molecule has 1 aliphatic heterocycles. The number of guanidine groups is 1. The highest BCUT2D eigenvalue weighted by Gasteiger charge is 2.48. The van der Waals surface area contributed by atoms with E-state index in [-0.39, 0.29) is 18.1 Å². The van der Waals surface area contributed by atoms with Crippen molar-refractivity contribution in [2.75, 3.05) is 14.1 Å². The van der Waals surface area contributed by atoms with Crippen molar-refractivity contribution in [3.05, 3.63) is 65.9 Å². The molecular formula is C23H26N6O3. The van der Waals surface area contributed by atoms with Crippen molar-refractivity contribution in [1.29, 1.82) is 0 Å². The topological polar surface area (TPSA) is 117 Å². The van der Waals surface area contributed by atoms with Crippen molar-refractivity contribution in [3.63, 3.8) is 0 Å². The molecule has 32 heavy (non-hydrogen) atoms. The van der Waals surface area contributed by atoms with Crippen LogP contribution in [0.2, 0.25) is 0 Å². The molecule has 4 N–H and O–H groups in total. The first-order chi connectivity index (χ1) is 15.3. The highest BCUT2D eigenvalue weighted by atomic mass is 16.4. The lowest BCUT2D eigenvalue weighted by molar-refractivity contribution is -0.143. The van der Waals surface area contributed by atoms with Crippen LogP contribution in [0.3, 0.4) is 0 Å². The van der Waals surface area contributed by atoms with Crippen molar-refractivity contribution in [1.82, 2.24) is 20.2 Å². The average Bonchev–Trinajstić information content (AvgIpc) is 3.32. The van der Waals surface area contributed by atoms with E-state index in [2.05, 4.69) is 20.5 Å². The third-order valence-electron chi connectivity index (χ3n) is 5.59. The largest absolute Gasteiger partial charge is 0.508 e. The fourth-order valence-corrected chi connectivity index (χ4v) is 4.05. The van der Waals surface area contributed by atoms with Gasteiger partial charge in [0.25, 0.3) is 0 Å². The second-order valence-electron chi connectivity index (χ2n) is 8.11. The van der Waals surface area contributed by atoms with Gasteiger partial charge in [0.05, 0.1) is 6.34 Å². The van der Waals surface area contributed by atoms with E-state index in [1.54, 1.807) is 47.3 Å². The average molecular weight is 435 g/mol. The van der Waals surface area contributed by atoms with Gasteiger partial charge in [-0.3, -0.25) is 10.3 Å². The van der Waals surface area contributed by atoms with Gasteiger partial charge in [-0.05, 0) is 24.6 Å². The maximum absolute atomic E-state index is 12.6. The number of fused-ring (bicyclic) bond motifs is 1. The second kappa shape index (κ2) is 8.26. The minimum absolute atomic E-state index is 0.0387. The molecule has 0 saturated carbocycles. The van der Waals surface area contributed by atoms with Crippen LogP contribution in [-0.2, 0) is 16.9 Å². The Bertz CT molecular complexity index is 1200. The Morgan fingerprint density at radius 1 is 1.25 bits per heavy atom. The third kappa shape index (κ3) is 3.73. The molecule has 0 saturated heterocycles. The number of nitrogens with zero attached hydrogens (tertiary/aromatic N) is 4. The first kappa shape index (κ1) is 21.2. The van der Waals surface area contributed by atoms with Crippen molar-refractivity contribution in [2.45, 2.75) is 25.0 Å². The second-order valence-corrected chi connectivity index (χ2v) is 8.11. The van der Waals surface area contributed by atoms with E-state index in [1.165, 1.54) is 0 Å². The molecular weight excluding hydrogens is 408 g/mol. The normalized spacial score (nSPS) is 19.2. The number of rotatable bonds is 6. The van der Waals surface area contributed by atoms with Gasteiger partial charge in [0, 0.05) is 43.2 Å². The summed E-state index contributed by atoms with van der Waals surface area (Å²) in [6.07, 6.45) is 3.61. The maximum Gasteiger partial charge on any atom is 0.326 e. The molecule has 4 rings (SSSR count). The highest BCUT2D eigenvalue weighted by Crippen LogP contribution is 2.38. The first-order valence-corrected chi connectivity index (χ1v) is 10.2. The van der Waals surface area contributed by atoms with Crippen LogP contribution < -0.4 is 5.43 Å². The van der Waals surface area contributed by atoms with Gasteiger partial charge in [0.1, 0.15) is 11.8 Å². The molecule has 9 heteroatoms.